The fourth-order valence-corrected chi connectivity index (χ4v) is 1.12. The molecule has 87 valence electrons. The van der Waals surface area contributed by atoms with Gasteiger partial charge in [0.25, 0.3) is 0 Å². The predicted octanol–water partition coefficient (Wildman–Crippen LogP) is 3.04. The summed E-state index contributed by atoms with van der Waals surface area (Å²) in [4.78, 5) is 4.09. The van der Waals surface area contributed by atoms with Crippen molar-refractivity contribution in [2.75, 3.05) is 6.61 Å². The van der Waals surface area contributed by atoms with Crippen LogP contribution in [0, 0.1) is 0 Å². The van der Waals surface area contributed by atoms with Crippen LogP contribution < -0.4 is 0 Å². The summed E-state index contributed by atoms with van der Waals surface area (Å²) in [6.45, 7) is 0.547. The molecule has 1 radical (unpaired) electrons. The topological polar surface area (TPSA) is 21.6 Å². The number of alkyl halides is 3. The molecule has 0 spiro atoms. The molecule has 0 atom stereocenters. The van der Waals surface area contributed by atoms with E-state index in [1.165, 1.54) is 0 Å². The van der Waals surface area contributed by atoms with Gasteiger partial charge in [-0.15, -0.1) is 0 Å². The van der Waals surface area contributed by atoms with Crippen LogP contribution in [0.5, 0.6) is 0 Å². The van der Waals surface area contributed by atoms with E-state index in [-0.39, 0.29) is 0 Å². The van der Waals surface area contributed by atoms with E-state index < -0.39 is 12.8 Å². The Morgan fingerprint density at radius 2 is 2.00 bits per heavy atom. The Balaban J connectivity index is 2.56. The number of rotatable bonds is 4. The highest BCUT2D eigenvalue weighted by Gasteiger charge is 2.28. The molecular formula is C11H11F3NO. The molecule has 1 aromatic rings. The van der Waals surface area contributed by atoms with Crippen LogP contribution in [0.1, 0.15) is 18.1 Å². The summed E-state index contributed by atoms with van der Waals surface area (Å²) >= 11 is 0. The molecule has 16 heavy (non-hydrogen) atoms. The van der Waals surface area contributed by atoms with Crippen LogP contribution in [-0.2, 0) is 11.3 Å². The molecule has 0 unspecified atom stereocenters. The fourth-order valence-electron chi connectivity index (χ4n) is 1.12. The van der Waals surface area contributed by atoms with Crippen molar-refractivity contribution in [3.05, 3.63) is 35.4 Å². The molecule has 0 amide bonds. The third-order valence-electron chi connectivity index (χ3n) is 1.86. The van der Waals surface area contributed by atoms with Gasteiger partial charge in [-0.1, -0.05) is 36.3 Å². The zero-order valence-electron chi connectivity index (χ0n) is 8.71. The normalized spacial score (nSPS) is 12.0. The quantitative estimate of drug-likeness (QED) is 0.575. The van der Waals surface area contributed by atoms with E-state index in [1.54, 1.807) is 12.1 Å². The van der Waals surface area contributed by atoms with Crippen LogP contribution >= 0.6 is 0 Å². The molecule has 0 fully saturated rings. The minimum atomic E-state index is -4.37. The van der Waals surface area contributed by atoms with Crippen molar-refractivity contribution in [3.8, 4) is 0 Å². The van der Waals surface area contributed by atoms with Gasteiger partial charge in [0, 0.05) is 5.56 Å². The average molecular weight is 230 g/mol. The monoisotopic (exact) mass is 230 g/mol. The molecule has 0 aromatic heterocycles. The highest BCUT2D eigenvalue weighted by Crippen LogP contribution is 2.14. The smallest absolute Gasteiger partial charge is 0.386 e. The van der Waals surface area contributed by atoms with E-state index in [1.807, 2.05) is 19.1 Å². The zero-order valence-corrected chi connectivity index (χ0v) is 8.71. The molecule has 2 nitrogen and oxygen atoms in total. The average Bonchev–Trinajstić information content (AvgIpc) is 2.23. The summed E-state index contributed by atoms with van der Waals surface area (Å²) in [7, 11) is 0. The van der Waals surface area contributed by atoms with Gasteiger partial charge in [-0.25, -0.2) is 0 Å². The van der Waals surface area contributed by atoms with Crippen LogP contribution in [0.2, 0.25) is 0 Å². The number of halogens is 3. The maximum Gasteiger partial charge on any atom is 0.425 e. The number of hydrogen-bond donors (Lipinski definition) is 0. The molecule has 0 heterocycles. The first kappa shape index (κ1) is 12.5. The minimum absolute atomic E-state index is 0.646. The second-order valence-corrected chi connectivity index (χ2v) is 3.10. The van der Waals surface area contributed by atoms with E-state index in [2.05, 4.69) is 16.2 Å². The van der Waals surface area contributed by atoms with E-state index in [0.717, 1.165) is 12.0 Å². The van der Waals surface area contributed by atoms with Crippen molar-refractivity contribution in [2.45, 2.75) is 19.5 Å². The SMILES string of the molecule is CCc1ccccc1/[C]=N\OCC(F)(F)F. The molecule has 0 bridgehead atoms. The van der Waals surface area contributed by atoms with Crippen LogP contribution in [0.15, 0.2) is 29.4 Å². The van der Waals surface area contributed by atoms with Crippen LogP contribution in [0.4, 0.5) is 13.2 Å². The first-order valence-electron chi connectivity index (χ1n) is 4.75. The third kappa shape index (κ3) is 4.33. The van der Waals surface area contributed by atoms with Crippen molar-refractivity contribution in [3.63, 3.8) is 0 Å². The number of aryl methyl sites for hydroxylation is 1. The summed E-state index contributed by atoms with van der Waals surface area (Å²) in [5.74, 6) is 0. The molecule has 0 aliphatic rings. The molecule has 1 aromatic carbocycles. The van der Waals surface area contributed by atoms with E-state index in [4.69, 9.17) is 0 Å². The van der Waals surface area contributed by atoms with Gasteiger partial charge < -0.3 is 4.84 Å². The lowest BCUT2D eigenvalue weighted by molar-refractivity contribution is -0.173. The van der Waals surface area contributed by atoms with Gasteiger partial charge in [0.05, 0.1) is 0 Å². The first-order chi connectivity index (χ1) is 7.53. The Hall–Kier alpha value is -1.52. The number of hydrogen-bond acceptors (Lipinski definition) is 2. The molecule has 0 aliphatic heterocycles. The van der Waals surface area contributed by atoms with E-state index in [0.29, 0.717) is 5.56 Å². The molecule has 0 aliphatic carbocycles. The third-order valence-corrected chi connectivity index (χ3v) is 1.86. The van der Waals surface area contributed by atoms with Crippen LogP contribution in [-0.4, -0.2) is 19.0 Å². The second-order valence-electron chi connectivity index (χ2n) is 3.10. The fraction of sp³-hybridized carbons (Fsp3) is 0.364. The highest BCUT2D eigenvalue weighted by molar-refractivity contribution is 5.81. The molecule has 0 saturated carbocycles. The van der Waals surface area contributed by atoms with Gasteiger partial charge in [0.15, 0.2) is 0 Å². The second kappa shape index (κ2) is 5.53. The lowest BCUT2D eigenvalue weighted by Crippen LogP contribution is -2.14. The van der Waals surface area contributed by atoms with Crippen molar-refractivity contribution >= 4 is 6.21 Å². The highest BCUT2D eigenvalue weighted by atomic mass is 19.4. The van der Waals surface area contributed by atoms with Gasteiger partial charge in [-0.05, 0) is 12.0 Å². The van der Waals surface area contributed by atoms with Gasteiger partial charge in [0.1, 0.15) is 6.21 Å². The summed E-state index contributed by atoms with van der Waals surface area (Å²) in [6.07, 6.45) is -1.16. The molecule has 5 heteroatoms. The number of benzene rings is 1. The summed E-state index contributed by atoms with van der Waals surface area (Å²) in [5, 5.41) is 3.17. The Morgan fingerprint density at radius 3 is 2.62 bits per heavy atom. The Morgan fingerprint density at radius 1 is 1.31 bits per heavy atom. The zero-order chi connectivity index (χ0) is 12.0. The molecule has 0 N–H and O–H groups in total. The van der Waals surface area contributed by atoms with Gasteiger partial charge >= 0.3 is 6.18 Å². The molecule has 0 saturated heterocycles. The summed E-state index contributed by atoms with van der Waals surface area (Å²) < 4.78 is 35.1. The largest absolute Gasteiger partial charge is 0.425 e. The summed E-state index contributed by atoms with van der Waals surface area (Å²) in [5.41, 5.74) is 1.61. The maximum atomic E-state index is 11.7. The Labute approximate surface area is 91.7 Å². The van der Waals surface area contributed by atoms with Gasteiger partial charge in [-0.3, -0.25) is 0 Å². The number of nitrogens with zero attached hydrogens (tertiary/aromatic N) is 1. The minimum Gasteiger partial charge on any atom is -0.386 e. The Kier molecular flexibility index (Phi) is 4.34. The van der Waals surface area contributed by atoms with Crippen molar-refractivity contribution in [2.24, 2.45) is 5.16 Å². The summed E-state index contributed by atoms with van der Waals surface area (Å²) in [6, 6.07) is 7.20. The Bertz CT molecular complexity index is 360. The lowest BCUT2D eigenvalue weighted by atomic mass is 10.1. The first-order valence-corrected chi connectivity index (χ1v) is 4.75. The van der Waals surface area contributed by atoms with Gasteiger partial charge in [0.2, 0.25) is 6.61 Å². The van der Waals surface area contributed by atoms with Crippen LogP contribution in [0.25, 0.3) is 0 Å². The molecule has 1 rings (SSSR count). The standard InChI is InChI=1S/C11H11F3NO/c1-2-9-5-3-4-6-10(9)7-15-16-8-11(12,13)14/h3-6H,2,8H2,1H3. The van der Waals surface area contributed by atoms with E-state index in [9.17, 15) is 13.2 Å². The van der Waals surface area contributed by atoms with Crippen molar-refractivity contribution in [1.29, 1.82) is 0 Å². The maximum absolute atomic E-state index is 11.7. The van der Waals surface area contributed by atoms with Crippen LogP contribution in [0.3, 0.4) is 0 Å². The van der Waals surface area contributed by atoms with Crippen molar-refractivity contribution < 1.29 is 18.0 Å². The van der Waals surface area contributed by atoms with Gasteiger partial charge in [-0.2, -0.15) is 13.2 Å². The van der Waals surface area contributed by atoms with E-state index >= 15 is 0 Å². The lowest BCUT2D eigenvalue weighted by Gasteiger charge is -2.03. The predicted molar refractivity (Wildman–Crippen MR) is 54.4 cm³/mol. The van der Waals surface area contributed by atoms with Crippen molar-refractivity contribution in [1.82, 2.24) is 0 Å². The molecular weight excluding hydrogens is 219 g/mol.